The van der Waals surface area contributed by atoms with Crippen LogP contribution in [0.1, 0.15) is 37.0 Å². The van der Waals surface area contributed by atoms with Gasteiger partial charge in [0.1, 0.15) is 0 Å². The minimum absolute atomic E-state index is 0.248. The van der Waals surface area contributed by atoms with Crippen molar-refractivity contribution in [3.63, 3.8) is 0 Å². The maximum absolute atomic E-state index is 12.0. The Morgan fingerprint density at radius 3 is 2.87 bits per heavy atom. The van der Waals surface area contributed by atoms with Crippen LogP contribution in [-0.2, 0) is 11.3 Å². The summed E-state index contributed by atoms with van der Waals surface area (Å²) in [6.07, 6.45) is 5.38. The average molecular weight is 336 g/mol. The molecule has 0 spiro atoms. The zero-order valence-electron chi connectivity index (χ0n) is 13.9. The highest BCUT2D eigenvalue weighted by Crippen LogP contribution is 2.20. The van der Waals surface area contributed by atoms with E-state index in [0.29, 0.717) is 18.3 Å². The Balaban J connectivity index is 1.27. The summed E-state index contributed by atoms with van der Waals surface area (Å²) in [5, 5.41) is 8.68. The van der Waals surface area contributed by atoms with Gasteiger partial charge < -0.3 is 10.6 Å². The van der Waals surface area contributed by atoms with E-state index in [1.165, 1.54) is 24.1 Å². The molecular formula is C18H29N3OS. The van der Waals surface area contributed by atoms with Crippen LogP contribution in [-0.4, -0.2) is 43.5 Å². The fourth-order valence-electron chi connectivity index (χ4n) is 3.61. The summed E-state index contributed by atoms with van der Waals surface area (Å²) in [5.74, 6) is 1.62. The first-order chi connectivity index (χ1) is 11.3. The Morgan fingerprint density at radius 2 is 2.17 bits per heavy atom. The molecule has 2 fully saturated rings. The van der Waals surface area contributed by atoms with E-state index in [2.05, 4.69) is 33.0 Å². The average Bonchev–Trinajstić information content (AvgIpc) is 3.26. The van der Waals surface area contributed by atoms with Crippen molar-refractivity contribution >= 4 is 17.2 Å². The van der Waals surface area contributed by atoms with Gasteiger partial charge in [0.15, 0.2) is 0 Å². The van der Waals surface area contributed by atoms with Gasteiger partial charge in [0.25, 0.3) is 0 Å². The van der Waals surface area contributed by atoms with Crippen LogP contribution in [0, 0.1) is 11.8 Å². The molecule has 128 valence electrons. The molecule has 1 unspecified atom stereocenters. The number of likely N-dealkylation sites (tertiary alicyclic amines) is 1. The molecule has 2 aliphatic rings. The quantitative estimate of drug-likeness (QED) is 0.804. The fraction of sp³-hybridized carbons (Fsp3) is 0.722. The van der Waals surface area contributed by atoms with E-state index >= 15 is 0 Å². The molecule has 3 heterocycles. The molecule has 0 aliphatic carbocycles. The molecule has 2 N–H and O–H groups in total. The Kier molecular flexibility index (Phi) is 6.48. The molecular weight excluding hydrogens is 306 g/mol. The first-order valence-electron chi connectivity index (χ1n) is 9.02. The van der Waals surface area contributed by atoms with Crippen molar-refractivity contribution in [1.29, 1.82) is 0 Å². The SMILES string of the molecule is O=C(CCC1CCNC1)NCC1CCN(Cc2cccs2)CC1. The van der Waals surface area contributed by atoms with Crippen LogP contribution in [0.25, 0.3) is 0 Å². The number of carbonyl (C=O) groups is 1. The number of rotatable bonds is 7. The maximum atomic E-state index is 12.0. The molecule has 5 heteroatoms. The molecule has 0 aromatic carbocycles. The molecule has 1 amide bonds. The lowest BCUT2D eigenvalue weighted by Gasteiger charge is -2.31. The first-order valence-corrected chi connectivity index (χ1v) is 9.89. The van der Waals surface area contributed by atoms with E-state index in [4.69, 9.17) is 0 Å². The van der Waals surface area contributed by atoms with Crippen LogP contribution in [0.2, 0.25) is 0 Å². The Labute approximate surface area is 143 Å². The first kappa shape index (κ1) is 16.9. The van der Waals surface area contributed by atoms with Gasteiger partial charge in [-0.25, -0.2) is 0 Å². The van der Waals surface area contributed by atoms with Gasteiger partial charge in [-0.2, -0.15) is 0 Å². The van der Waals surface area contributed by atoms with Crippen molar-refractivity contribution < 1.29 is 4.79 Å². The topological polar surface area (TPSA) is 44.4 Å². The number of hydrogen-bond acceptors (Lipinski definition) is 4. The van der Waals surface area contributed by atoms with Gasteiger partial charge in [-0.15, -0.1) is 11.3 Å². The van der Waals surface area contributed by atoms with Crippen LogP contribution in [0.5, 0.6) is 0 Å². The van der Waals surface area contributed by atoms with Crippen LogP contribution in [0.15, 0.2) is 17.5 Å². The number of thiophene rings is 1. The number of nitrogens with one attached hydrogen (secondary N) is 2. The van der Waals surface area contributed by atoms with E-state index in [9.17, 15) is 4.79 Å². The maximum Gasteiger partial charge on any atom is 0.220 e. The Bertz CT molecular complexity index is 463. The highest BCUT2D eigenvalue weighted by atomic mass is 32.1. The monoisotopic (exact) mass is 335 g/mol. The smallest absolute Gasteiger partial charge is 0.220 e. The van der Waals surface area contributed by atoms with Gasteiger partial charge in [0.2, 0.25) is 5.91 Å². The predicted octanol–water partition coefficient (Wildman–Crippen LogP) is 2.47. The molecule has 1 aromatic rings. The molecule has 2 saturated heterocycles. The van der Waals surface area contributed by atoms with Gasteiger partial charge in [-0.1, -0.05) is 6.07 Å². The molecule has 0 bridgehead atoms. The summed E-state index contributed by atoms with van der Waals surface area (Å²) in [6.45, 7) is 6.49. The van der Waals surface area contributed by atoms with E-state index in [1.807, 2.05) is 11.3 Å². The van der Waals surface area contributed by atoms with Gasteiger partial charge in [-0.3, -0.25) is 9.69 Å². The van der Waals surface area contributed by atoms with Gasteiger partial charge in [0.05, 0.1) is 0 Å². The van der Waals surface area contributed by atoms with E-state index in [1.54, 1.807) is 0 Å². The summed E-state index contributed by atoms with van der Waals surface area (Å²) in [4.78, 5) is 16.0. The van der Waals surface area contributed by atoms with Crippen molar-refractivity contribution in [2.45, 2.75) is 38.6 Å². The van der Waals surface area contributed by atoms with Crippen molar-refractivity contribution in [2.24, 2.45) is 11.8 Å². The van der Waals surface area contributed by atoms with Crippen LogP contribution < -0.4 is 10.6 Å². The standard InChI is InChI=1S/C18H29N3OS/c22-18(4-3-15-5-8-19-12-15)20-13-16-6-9-21(10-7-16)14-17-2-1-11-23-17/h1-2,11,15-16,19H,3-10,12-14H2,(H,20,22). The van der Waals surface area contributed by atoms with Crippen LogP contribution in [0.4, 0.5) is 0 Å². The molecule has 1 atom stereocenters. The van der Waals surface area contributed by atoms with E-state index in [-0.39, 0.29) is 5.91 Å². The Hall–Kier alpha value is -0.910. The minimum Gasteiger partial charge on any atom is -0.356 e. The summed E-state index contributed by atoms with van der Waals surface area (Å²) in [5.41, 5.74) is 0. The number of amides is 1. The molecule has 1 aromatic heterocycles. The zero-order valence-corrected chi connectivity index (χ0v) is 14.7. The lowest BCUT2D eigenvalue weighted by Crippen LogP contribution is -2.38. The number of nitrogens with zero attached hydrogens (tertiary/aromatic N) is 1. The normalized spacial score (nSPS) is 23.2. The summed E-state index contributed by atoms with van der Waals surface area (Å²) in [6, 6.07) is 4.35. The third kappa shape index (κ3) is 5.59. The molecule has 23 heavy (non-hydrogen) atoms. The second-order valence-corrected chi connectivity index (χ2v) is 8.03. The van der Waals surface area contributed by atoms with Crippen molar-refractivity contribution in [2.75, 3.05) is 32.7 Å². The lowest BCUT2D eigenvalue weighted by molar-refractivity contribution is -0.121. The molecule has 3 rings (SSSR count). The van der Waals surface area contributed by atoms with Crippen molar-refractivity contribution in [1.82, 2.24) is 15.5 Å². The Morgan fingerprint density at radius 1 is 1.30 bits per heavy atom. The second-order valence-electron chi connectivity index (χ2n) is 7.00. The number of carbonyl (C=O) groups excluding carboxylic acids is 1. The van der Waals surface area contributed by atoms with Crippen molar-refractivity contribution in [3.05, 3.63) is 22.4 Å². The van der Waals surface area contributed by atoms with Gasteiger partial charge >= 0.3 is 0 Å². The van der Waals surface area contributed by atoms with Crippen molar-refractivity contribution in [3.8, 4) is 0 Å². The highest BCUT2D eigenvalue weighted by Gasteiger charge is 2.20. The molecule has 4 nitrogen and oxygen atoms in total. The van der Waals surface area contributed by atoms with Gasteiger partial charge in [-0.05, 0) is 75.1 Å². The predicted molar refractivity (Wildman–Crippen MR) is 95.5 cm³/mol. The van der Waals surface area contributed by atoms with E-state index in [0.717, 1.165) is 45.7 Å². The zero-order chi connectivity index (χ0) is 15.9. The lowest BCUT2D eigenvalue weighted by atomic mass is 9.96. The fourth-order valence-corrected chi connectivity index (χ4v) is 4.36. The molecule has 0 saturated carbocycles. The highest BCUT2D eigenvalue weighted by molar-refractivity contribution is 7.09. The van der Waals surface area contributed by atoms with E-state index < -0.39 is 0 Å². The largest absolute Gasteiger partial charge is 0.356 e. The van der Waals surface area contributed by atoms with Crippen LogP contribution >= 0.6 is 11.3 Å². The summed E-state index contributed by atoms with van der Waals surface area (Å²) in [7, 11) is 0. The third-order valence-electron chi connectivity index (χ3n) is 5.20. The van der Waals surface area contributed by atoms with Gasteiger partial charge in [0, 0.05) is 24.4 Å². The number of piperidine rings is 1. The molecule has 0 radical (unpaired) electrons. The minimum atomic E-state index is 0.248. The number of hydrogen-bond donors (Lipinski definition) is 2. The third-order valence-corrected chi connectivity index (χ3v) is 6.06. The molecule has 2 aliphatic heterocycles. The second kappa shape index (κ2) is 8.81. The summed E-state index contributed by atoms with van der Waals surface area (Å²) < 4.78 is 0. The summed E-state index contributed by atoms with van der Waals surface area (Å²) >= 11 is 1.84. The van der Waals surface area contributed by atoms with Crippen LogP contribution in [0.3, 0.4) is 0 Å².